The number of hydrogen-bond acceptors (Lipinski definition) is 4. The highest BCUT2D eigenvalue weighted by atomic mass is 32.1. The van der Waals surface area contributed by atoms with Crippen LogP contribution in [0.25, 0.3) is 17.8 Å². The molecule has 3 aromatic rings. The van der Waals surface area contributed by atoms with E-state index in [9.17, 15) is 0 Å². The second kappa shape index (κ2) is 13.7. The first-order valence-corrected chi connectivity index (χ1v) is 20.3. The zero-order valence-corrected chi connectivity index (χ0v) is 30.6. The Kier molecular flexibility index (Phi) is 8.46. The molecule has 3 nitrogen and oxygen atoms in total. The number of ether oxygens (including phenoxy) is 1. The molecular formula is C48H46N2OS. The molecule has 2 heterocycles. The van der Waals surface area contributed by atoms with Gasteiger partial charge in [0.1, 0.15) is 0 Å². The summed E-state index contributed by atoms with van der Waals surface area (Å²) in [5.74, 6) is 0.844. The number of fused-ring (bicyclic) bond motifs is 6. The summed E-state index contributed by atoms with van der Waals surface area (Å²) in [6, 6.07) is 21.9. The smallest absolute Gasteiger partial charge is 0.0833 e. The number of thiophene rings is 1. The fraction of sp³-hybridized carbons (Fsp3) is 0.292. The molecule has 0 N–H and O–H groups in total. The topological polar surface area (TPSA) is 15.7 Å². The summed E-state index contributed by atoms with van der Waals surface area (Å²) in [7, 11) is 0. The SMILES string of the molecule is C1=CCCC(C2=CC=C(N(C3=CC4C(C=C3)OC3CCC=CC34)C3=Cc4c(sc5c4=C(N(c4ccccc4)c4ccccc4)CCC=5)CC3)CC2)=C1. The maximum Gasteiger partial charge on any atom is 0.0833 e. The van der Waals surface area contributed by atoms with Gasteiger partial charge in [-0.2, -0.15) is 0 Å². The largest absolute Gasteiger partial charge is 0.370 e. The molecule has 1 saturated heterocycles. The third-order valence-corrected chi connectivity index (χ3v) is 13.3. The molecule has 10 rings (SSSR count). The van der Waals surface area contributed by atoms with Crippen molar-refractivity contribution in [2.75, 3.05) is 4.90 Å². The van der Waals surface area contributed by atoms with E-state index in [2.05, 4.69) is 143 Å². The van der Waals surface area contributed by atoms with Gasteiger partial charge >= 0.3 is 0 Å². The first-order chi connectivity index (χ1) is 25.8. The Morgan fingerprint density at radius 3 is 2.25 bits per heavy atom. The Balaban J connectivity index is 1.12. The summed E-state index contributed by atoms with van der Waals surface area (Å²) in [5.41, 5.74) is 12.4. The van der Waals surface area contributed by atoms with Crippen LogP contribution in [0.1, 0.15) is 68.2 Å². The number of aryl methyl sites for hydroxylation is 1. The molecule has 0 amide bonds. The lowest BCUT2D eigenvalue weighted by molar-refractivity contribution is 0.0526. The van der Waals surface area contributed by atoms with Crippen LogP contribution in [0.15, 0.2) is 150 Å². The minimum Gasteiger partial charge on any atom is -0.370 e. The highest BCUT2D eigenvalue weighted by molar-refractivity contribution is 7.10. The zero-order chi connectivity index (χ0) is 34.4. The molecule has 1 fully saturated rings. The quantitative estimate of drug-likeness (QED) is 0.229. The Morgan fingerprint density at radius 2 is 1.48 bits per heavy atom. The molecule has 260 valence electrons. The van der Waals surface area contributed by atoms with Crippen LogP contribution >= 0.6 is 11.3 Å². The summed E-state index contributed by atoms with van der Waals surface area (Å²) in [4.78, 5) is 6.69. The number of allylic oxidation sites excluding steroid dienone is 11. The molecule has 6 aliphatic carbocycles. The second-order valence-electron chi connectivity index (χ2n) is 15.1. The predicted molar refractivity (Wildman–Crippen MR) is 217 cm³/mol. The summed E-state index contributed by atoms with van der Waals surface area (Å²) < 4.78 is 8.05. The lowest BCUT2D eigenvalue weighted by Gasteiger charge is -2.36. The molecule has 52 heavy (non-hydrogen) atoms. The van der Waals surface area contributed by atoms with Gasteiger partial charge in [0.05, 0.1) is 12.2 Å². The van der Waals surface area contributed by atoms with Gasteiger partial charge in [-0.05, 0) is 123 Å². The fourth-order valence-electron chi connectivity index (χ4n) is 9.57. The van der Waals surface area contributed by atoms with E-state index < -0.39 is 0 Å². The van der Waals surface area contributed by atoms with Gasteiger partial charge in [0.15, 0.2) is 0 Å². The molecule has 2 aromatic carbocycles. The molecule has 0 spiro atoms. The molecule has 0 bridgehead atoms. The average Bonchev–Trinajstić information content (AvgIpc) is 3.78. The van der Waals surface area contributed by atoms with Crippen molar-refractivity contribution in [2.24, 2.45) is 11.8 Å². The maximum atomic E-state index is 6.61. The fourth-order valence-corrected chi connectivity index (χ4v) is 10.8. The molecular weight excluding hydrogens is 653 g/mol. The van der Waals surface area contributed by atoms with E-state index in [1.54, 1.807) is 0 Å². The van der Waals surface area contributed by atoms with Gasteiger partial charge in [-0.25, -0.2) is 0 Å². The van der Waals surface area contributed by atoms with Gasteiger partial charge in [-0.1, -0.05) is 91.1 Å². The highest BCUT2D eigenvalue weighted by Crippen LogP contribution is 2.45. The van der Waals surface area contributed by atoms with E-state index >= 15 is 0 Å². The average molecular weight is 699 g/mol. The van der Waals surface area contributed by atoms with Gasteiger partial charge in [-0.15, -0.1) is 11.3 Å². The highest BCUT2D eigenvalue weighted by Gasteiger charge is 2.43. The molecule has 4 atom stereocenters. The van der Waals surface area contributed by atoms with Crippen LogP contribution in [0, 0.1) is 11.8 Å². The first kappa shape index (κ1) is 32.0. The number of rotatable bonds is 7. The van der Waals surface area contributed by atoms with Crippen molar-refractivity contribution in [3.63, 3.8) is 0 Å². The van der Waals surface area contributed by atoms with Gasteiger partial charge < -0.3 is 14.5 Å². The molecule has 1 aromatic heterocycles. The van der Waals surface area contributed by atoms with Crippen LogP contribution in [0.2, 0.25) is 0 Å². The zero-order valence-electron chi connectivity index (χ0n) is 29.8. The Bertz CT molecular complexity index is 2220. The Hall–Kier alpha value is -4.64. The monoisotopic (exact) mass is 698 g/mol. The second-order valence-corrected chi connectivity index (χ2v) is 16.2. The minimum atomic E-state index is 0.173. The van der Waals surface area contributed by atoms with Crippen LogP contribution in [-0.4, -0.2) is 17.1 Å². The number of nitrogens with zero attached hydrogens (tertiary/aromatic N) is 2. The van der Waals surface area contributed by atoms with Crippen molar-refractivity contribution >= 4 is 40.6 Å². The summed E-state index contributed by atoms with van der Waals surface area (Å²) in [5, 5.41) is 1.43. The molecule has 0 saturated carbocycles. The van der Waals surface area contributed by atoms with Gasteiger partial charge in [0, 0.05) is 60.6 Å². The van der Waals surface area contributed by atoms with Crippen molar-refractivity contribution in [2.45, 2.75) is 76.4 Å². The van der Waals surface area contributed by atoms with Crippen LogP contribution < -0.4 is 14.7 Å². The normalized spacial score (nSPS) is 25.7. The Morgan fingerprint density at radius 1 is 0.673 bits per heavy atom. The summed E-state index contributed by atoms with van der Waals surface area (Å²) in [6.07, 6.45) is 40.3. The van der Waals surface area contributed by atoms with Crippen LogP contribution in [-0.2, 0) is 11.2 Å². The van der Waals surface area contributed by atoms with E-state index in [4.69, 9.17) is 4.74 Å². The molecule has 7 aliphatic rings. The number of anilines is 2. The maximum absolute atomic E-state index is 6.61. The van der Waals surface area contributed by atoms with E-state index in [1.165, 1.54) is 65.5 Å². The lowest BCUT2D eigenvalue weighted by atomic mass is 9.80. The molecule has 0 radical (unpaired) electrons. The third-order valence-electron chi connectivity index (χ3n) is 12.0. The molecule has 4 unspecified atom stereocenters. The number of benzene rings is 2. The third kappa shape index (κ3) is 5.77. The molecule has 1 aliphatic heterocycles. The van der Waals surface area contributed by atoms with E-state index in [0.29, 0.717) is 17.9 Å². The van der Waals surface area contributed by atoms with Crippen molar-refractivity contribution in [3.8, 4) is 0 Å². The summed E-state index contributed by atoms with van der Waals surface area (Å²) >= 11 is 2.02. The van der Waals surface area contributed by atoms with Crippen LogP contribution in [0.4, 0.5) is 11.4 Å². The van der Waals surface area contributed by atoms with E-state index in [0.717, 1.165) is 64.2 Å². The van der Waals surface area contributed by atoms with Crippen LogP contribution in [0.3, 0.4) is 0 Å². The van der Waals surface area contributed by atoms with E-state index in [-0.39, 0.29) is 6.10 Å². The van der Waals surface area contributed by atoms with Gasteiger partial charge in [-0.3, -0.25) is 0 Å². The minimum absolute atomic E-state index is 0.173. The van der Waals surface area contributed by atoms with E-state index in [1.807, 2.05) is 11.3 Å². The van der Waals surface area contributed by atoms with Crippen LogP contribution in [0.5, 0.6) is 0 Å². The van der Waals surface area contributed by atoms with Gasteiger partial charge in [0.2, 0.25) is 0 Å². The van der Waals surface area contributed by atoms with Gasteiger partial charge in [0.25, 0.3) is 0 Å². The Labute approximate surface area is 312 Å². The number of para-hydroxylation sites is 2. The standard InChI is InChI=1S/C48H46N2OS/c1-4-13-33(14-5-1)34-23-25-37(26-24-34)49(38-27-29-45-41(31-38)40-19-10-11-21-44(40)51-45)39-28-30-46-42(32-39)48-43(20-12-22-47(48)52-46)50(35-15-6-2-7-16-35)36-17-8-3-9-18-36/h1-4,6-10,13,15-19,22-23,25,27,29,31-32,40-41,44-45H,5,11-12,14,20-21,24,26,28,30H2. The summed E-state index contributed by atoms with van der Waals surface area (Å²) in [6.45, 7) is 0. The first-order valence-electron chi connectivity index (χ1n) is 19.5. The predicted octanol–water partition coefficient (Wildman–Crippen LogP) is 10.5. The van der Waals surface area contributed by atoms with Crippen molar-refractivity contribution in [1.82, 2.24) is 4.90 Å². The van der Waals surface area contributed by atoms with Crippen molar-refractivity contribution < 1.29 is 4.74 Å². The lowest BCUT2D eigenvalue weighted by Crippen LogP contribution is -2.34. The molecule has 4 heteroatoms. The number of hydrogen-bond donors (Lipinski definition) is 0. The van der Waals surface area contributed by atoms with Crippen molar-refractivity contribution in [1.29, 1.82) is 0 Å². The van der Waals surface area contributed by atoms with Crippen molar-refractivity contribution in [3.05, 3.63) is 170 Å².